The largest absolute Gasteiger partial charge is 0.350 e. The van der Waals surface area contributed by atoms with E-state index in [0.29, 0.717) is 23.2 Å². The zero-order valence-corrected chi connectivity index (χ0v) is 10.8. The number of para-hydroxylation sites is 1. The minimum atomic E-state index is -0.428. The van der Waals surface area contributed by atoms with E-state index < -0.39 is 4.92 Å². The third kappa shape index (κ3) is 2.27. The van der Waals surface area contributed by atoms with Crippen molar-refractivity contribution in [3.63, 3.8) is 0 Å². The van der Waals surface area contributed by atoms with Gasteiger partial charge >= 0.3 is 0 Å². The van der Waals surface area contributed by atoms with Crippen molar-refractivity contribution in [1.29, 1.82) is 0 Å². The normalized spacial score (nSPS) is 10.4. The maximum atomic E-state index is 11.9. The number of nitro benzene ring substituents is 1. The second-order valence-electron chi connectivity index (χ2n) is 4.24. The van der Waals surface area contributed by atoms with Crippen molar-refractivity contribution in [2.24, 2.45) is 7.05 Å². The molecule has 0 unspecified atom stereocenters. The van der Waals surface area contributed by atoms with Gasteiger partial charge in [0.15, 0.2) is 5.78 Å². The summed E-state index contributed by atoms with van der Waals surface area (Å²) in [6.07, 6.45) is 2.12. The highest BCUT2D eigenvalue weighted by Gasteiger charge is 2.21. The lowest BCUT2D eigenvalue weighted by atomic mass is 10.0. The summed E-state index contributed by atoms with van der Waals surface area (Å²) in [4.78, 5) is 22.6. The number of rotatable bonds is 4. The molecular formula is C14H14N2O3. The van der Waals surface area contributed by atoms with Gasteiger partial charge in [0.1, 0.15) is 0 Å². The van der Waals surface area contributed by atoms with Gasteiger partial charge in [0, 0.05) is 31.3 Å². The molecular weight excluding hydrogens is 244 g/mol. The number of hydrogen-bond acceptors (Lipinski definition) is 3. The van der Waals surface area contributed by atoms with E-state index in [2.05, 4.69) is 0 Å². The van der Waals surface area contributed by atoms with Gasteiger partial charge < -0.3 is 4.57 Å². The molecule has 0 amide bonds. The molecule has 0 atom stereocenters. The number of carbonyl (C=O) groups is 1. The molecule has 1 aromatic heterocycles. The molecule has 0 spiro atoms. The number of nitrogens with zero attached hydrogens (tertiary/aromatic N) is 2. The number of benzene rings is 1. The van der Waals surface area contributed by atoms with E-state index in [-0.39, 0.29) is 11.5 Å². The Morgan fingerprint density at radius 1 is 1.32 bits per heavy atom. The monoisotopic (exact) mass is 258 g/mol. The summed E-state index contributed by atoms with van der Waals surface area (Å²) in [6, 6.07) is 8.17. The fourth-order valence-electron chi connectivity index (χ4n) is 2.11. The lowest BCUT2D eigenvalue weighted by molar-refractivity contribution is -0.384. The Morgan fingerprint density at radius 3 is 2.63 bits per heavy atom. The summed E-state index contributed by atoms with van der Waals surface area (Å²) in [5.41, 5.74) is 1.60. The van der Waals surface area contributed by atoms with Crippen LogP contribution in [0.15, 0.2) is 36.5 Å². The highest BCUT2D eigenvalue weighted by molar-refractivity contribution is 6.02. The van der Waals surface area contributed by atoms with Crippen molar-refractivity contribution in [2.45, 2.75) is 13.3 Å². The number of ketones is 1. The highest BCUT2D eigenvalue weighted by Crippen LogP contribution is 2.32. The number of aromatic nitrogens is 1. The second kappa shape index (κ2) is 5.06. The quantitative estimate of drug-likeness (QED) is 0.480. The molecule has 2 aromatic rings. The first-order valence-corrected chi connectivity index (χ1v) is 5.98. The molecule has 1 heterocycles. The van der Waals surface area contributed by atoms with Crippen LogP contribution in [0.5, 0.6) is 0 Å². The summed E-state index contributed by atoms with van der Waals surface area (Å²) >= 11 is 0. The molecule has 0 aliphatic heterocycles. The lowest BCUT2D eigenvalue weighted by Gasteiger charge is -2.07. The molecule has 0 bridgehead atoms. The van der Waals surface area contributed by atoms with Gasteiger partial charge in [0.2, 0.25) is 0 Å². The first kappa shape index (κ1) is 13.0. The second-order valence-corrected chi connectivity index (χ2v) is 4.24. The number of Topliss-reactive ketones (excluding diaryl/α,β-unsaturated/α-hetero) is 1. The van der Waals surface area contributed by atoms with Crippen molar-refractivity contribution in [3.05, 3.63) is 52.2 Å². The van der Waals surface area contributed by atoms with Gasteiger partial charge in [-0.2, -0.15) is 0 Å². The van der Waals surface area contributed by atoms with Gasteiger partial charge in [-0.05, 0) is 12.1 Å². The molecule has 0 aliphatic carbocycles. The Kier molecular flexibility index (Phi) is 3.46. The molecule has 1 aromatic carbocycles. The first-order chi connectivity index (χ1) is 9.06. The number of aryl methyl sites for hydroxylation is 1. The molecule has 5 nitrogen and oxygen atoms in total. The molecule has 0 aliphatic rings. The summed E-state index contributed by atoms with van der Waals surface area (Å²) < 4.78 is 1.74. The molecule has 0 radical (unpaired) electrons. The molecule has 0 fully saturated rings. The maximum Gasteiger partial charge on any atom is 0.278 e. The molecule has 2 rings (SSSR count). The molecule has 0 N–H and O–H groups in total. The molecule has 0 saturated carbocycles. The van der Waals surface area contributed by atoms with Crippen LogP contribution in [-0.2, 0) is 7.05 Å². The van der Waals surface area contributed by atoms with Crippen LogP contribution in [-0.4, -0.2) is 15.3 Å². The van der Waals surface area contributed by atoms with Crippen molar-refractivity contribution in [3.8, 4) is 11.3 Å². The smallest absolute Gasteiger partial charge is 0.278 e. The van der Waals surface area contributed by atoms with Crippen LogP contribution in [0.25, 0.3) is 11.3 Å². The van der Waals surface area contributed by atoms with Gasteiger partial charge in [-0.25, -0.2) is 0 Å². The SMILES string of the molecule is CCC(=O)c1ccn(C)c1-c1ccccc1[N+](=O)[O-]. The highest BCUT2D eigenvalue weighted by atomic mass is 16.6. The third-order valence-electron chi connectivity index (χ3n) is 3.05. The minimum Gasteiger partial charge on any atom is -0.350 e. The zero-order valence-electron chi connectivity index (χ0n) is 10.8. The number of nitro groups is 1. The fraction of sp³-hybridized carbons (Fsp3) is 0.214. The third-order valence-corrected chi connectivity index (χ3v) is 3.05. The summed E-state index contributed by atoms with van der Waals surface area (Å²) in [5, 5.41) is 11.1. The Balaban J connectivity index is 2.69. The van der Waals surface area contributed by atoms with E-state index in [1.807, 2.05) is 0 Å². The van der Waals surface area contributed by atoms with Crippen molar-refractivity contribution < 1.29 is 9.72 Å². The lowest BCUT2D eigenvalue weighted by Crippen LogP contribution is -2.02. The standard InChI is InChI=1S/C14H14N2O3/c1-3-13(17)11-8-9-15(2)14(11)10-6-4-5-7-12(10)16(18)19/h4-9H,3H2,1-2H3. The average Bonchev–Trinajstić information content (AvgIpc) is 2.79. The van der Waals surface area contributed by atoms with Crippen LogP contribution in [0.4, 0.5) is 5.69 Å². The van der Waals surface area contributed by atoms with Crippen LogP contribution in [0.3, 0.4) is 0 Å². The topological polar surface area (TPSA) is 65.1 Å². The van der Waals surface area contributed by atoms with Crippen molar-refractivity contribution in [2.75, 3.05) is 0 Å². The van der Waals surface area contributed by atoms with Gasteiger partial charge in [0.25, 0.3) is 5.69 Å². The summed E-state index contributed by atoms with van der Waals surface area (Å²) in [7, 11) is 1.78. The van der Waals surface area contributed by atoms with Crippen LogP contribution in [0.1, 0.15) is 23.7 Å². The van der Waals surface area contributed by atoms with E-state index in [9.17, 15) is 14.9 Å². The van der Waals surface area contributed by atoms with E-state index in [4.69, 9.17) is 0 Å². The number of hydrogen-bond donors (Lipinski definition) is 0. The Bertz CT molecular complexity index is 644. The van der Waals surface area contributed by atoms with E-state index in [0.717, 1.165) is 0 Å². The Labute approximate surface area is 110 Å². The minimum absolute atomic E-state index is 0.00875. The molecule has 0 saturated heterocycles. The van der Waals surface area contributed by atoms with E-state index >= 15 is 0 Å². The van der Waals surface area contributed by atoms with Crippen molar-refractivity contribution >= 4 is 11.5 Å². The fourth-order valence-corrected chi connectivity index (χ4v) is 2.11. The predicted molar refractivity (Wildman–Crippen MR) is 72.1 cm³/mol. The Morgan fingerprint density at radius 2 is 2.00 bits per heavy atom. The summed E-state index contributed by atoms with van der Waals surface area (Å²) in [5.74, 6) is -0.0197. The van der Waals surface area contributed by atoms with Crippen LogP contribution < -0.4 is 0 Å². The van der Waals surface area contributed by atoms with Crippen LogP contribution >= 0.6 is 0 Å². The zero-order chi connectivity index (χ0) is 14.0. The molecule has 98 valence electrons. The van der Waals surface area contributed by atoms with Crippen LogP contribution in [0, 0.1) is 10.1 Å². The van der Waals surface area contributed by atoms with Gasteiger partial charge in [0.05, 0.1) is 16.2 Å². The Hall–Kier alpha value is -2.43. The van der Waals surface area contributed by atoms with Crippen LogP contribution in [0.2, 0.25) is 0 Å². The van der Waals surface area contributed by atoms with Gasteiger partial charge in [-0.15, -0.1) is 0 Å². The molecule has 5 heteroatoms. The maximum absolute atomic E-state index is 11.9. The average molecular weight is 258 g/mol. The van der Waals surface area contributed by atoms with Crippen molar-refractivity contribution in [1.82, 2.24) is 4.57 Å². The van der Waals surface area contributed by atoms with Gasteiger partial charge in [-0.3, -0.25) is 14.9 Å². The summed E-state index contributed by atoms with van der Waals surface area (Å²) in [6.45, 7) is 1.78. The van der Waals surface area contributed by atoms with Gasteiger partial charge in [-0.1, -0.05) is 19.1 Å². The molecule has 19 heavy (non-hydrogen) atoms. The van der Waals surface area contributed by atoms with E-state index in [1.165, 1.54) is 6.07 Å². The first-order valence-electron chi connectivity index (χ1n) is 5.98. The number of carbonyl (C=O) groups excluding carboxylic acids is 1. The van der Waals surface area contributed by atoms with E-state index in [1.54, 1.807) is 49.0 Å². The predicted octanol–water partition coefficient (Wildman–Crippen LogP) is 3.19.